The molecule has 1 heterocycles. The Bertz CT molecular complexity index is 736. The van der Waals surface area contributed by atoms with E-state index in [2.05, 4.69) is 21.1 Å². The van der Waals surface area contributed by atoms with Gasteiger partial charge in [-0.3, -0.25) is 0 Å². The van der Waals surface area contributed by atoms with Crippen LogP contribution in [-0.2, 0) is 9.53 Å². The maximum atomic E-state index is 12.0. The van der Waals surface area contributed by atoms with Crippen LogP contribution < -0.4 is 4.74 Å². The van der Waals surface area contributed by atoms with Gasteiger partial charge in [0.1, 0.15) is 5.57 Å². The minimum Gasteiger partial charge on any atom is -0.504 e. The molecular weight excluding hydrogens is 354 g/mol. The second-order valence-electron chi connectivity index (χ2n) is 4.40. The van der Waals surface area contributed by atoms with Crippen LogP contribution in [0.3, 0.4) is 0 Å². The lowest BCUT2D eigenvalue weighted by molar-refractivity contribution is -0.133. The van der Waals surface area contributed by atoms with E-state index in [-0.39, 0.29) is 22.8 Å². The summed E-state index contributed by atoms with van der Waals surface area (Å²) in [7, 11) is 2.70. The number of benzene rings is 1. The van der Waals surface area contributed by atoms with E-state index in [9.17, 15) is 9.90 Å². The fraction of sp³-hybridized carbons (Fsp3) is 0.200. The predicted molar refractivity (Wildman–Crippen MR) is 83.5 cm³/mol. The molecule has 0 bridgehead atoms. The van der Waals surface area contributed by atoms with Crippen molar-refractivity contribution in [3.63, 3.8) is 0 Å². The van der Waals surface area contributed by atoms with Crippen molar-refractivity contribution in [2.24, 2.45) is 0 Å². The van der Waals surface area contributed by atoms with Crippen molar-refractivity contribution < 1.29 is 23.9 Å². The van der Waals surface area contributed by atoms with Crippen LogP contribution in [0.25, 0.3) is 11.6 Å². The lowest BCUT2D eigenvalue weighted by Crippen LogP contribution is -2.03. The first-order chi connectivity index (χ1) is 10.5. The van der Waals surface area contributed by atoms with E-state index in [1.165, 1.54) is 20.3 Å². The maximum Gasteiger partial charge on any atom is 0.341 e. The Labute approximate surface area is 135 Å². The molecule has 0 atom stereocenters. The number of hydrogen-bond donors (Lipinski definition) is 1. The molecule has 22 heavy (non-hydrogen) atoms. The maximum absolute atomic E-state index is 12.0. The van der Waals surface area contributed by atoms with Crippen molar-refractivity contribution in [2.75, 3.05) is 14.2 Å². The predicted octanol–water partition coefficient (Wildman–Crippen LogP) is 3.17. The second-order valence-corrected chi connectivity index (χ2v) is 5.25. The number of phenolic OH excluding ortho intramolecular Hbond substituents is 1. The van der Waals surface area contributed by atoms with E-state index in [0.29, 0.717) is 15.7 Å². The molecule has 0 aliphatic carbocycles. The summed E-state index contributed by atoms with van der Waals surface area (Å²) in [5.74, 6) is -0.177. The fourth-order valence-electron chi connectivity index (χ4n) is 1.86. The average Bonchev–Trinajstić information content (AvgIpc) is 2.92. The summed E-state index contributed by atoms with van der Waals surface area (Å²) in [6, 6.07) is 4.94. The SMILES string of the molecule is COC(=O)/C(=C\c1ccc(Br)c(OC)c1O)c1cc(C)no1. The topological polar surface area (TPSA) is 81.8 Å². The number of rotatable bonds is 4. The van der Waals surface area contributed by atoms with Gasteiger partial charge in [0.05, 0.1) is 24.4 Å². The summed E-state index contributed by atoms with van der Waals surface area (Å²) in [4.78, 5) is 12.0. The van der Waals surface area contributed by atoms with Crippen molar-refractivity contribution in [1.29, 1.82) is 0 Å². The largest absolute Gasteiger partial charge is 0.504 e. The highest BCUT2D eigenvalue weighted by Gasteiger charge is 2.19. The minimum atomic E-state index is -0.600. The van der Waals surface area contributed by atoms with Crippen LogP contribution in [0, 0.1) is 6.92 Å². The number of esters is 1. The molecule has 0 spiro atoms. The smallest absolute Gasteiger partial charge is 0.341 e. The van der Waals surface area contributed by atoms with Crippen LogP contribution in [0.15, 0.2) is 27.2 Å². The van der Waals surface area contributed by atoms with E-state index in [4.69, 9.17) is 14.0 Å². The quantitative estimate of drug-likeness (QED) is 0.660. The Morgan fingerprint density at radius 1 is 1.41 bits per heavy atom. The molecule has 1 N–H and O–H groups in total. The summed E-state index contributed by atoms with van der Waals surface area (Å²) >= 11 is 3.27. The van der Waals surface area contributed by atoms with E-state index in [1.54, 1.807) is 25.1 Å². The van der Waals surface area contributed by atoms with Crippen LogP contribution in [0.2, 0.25) is 0 Å². The van der Waals surface area contributed by atoms with E-state index >= 15 is 0 Å². The number of nitrogens with zero attached hydrogens (tertiary/aromatic N) is 1. The summed E-state index contributed by atoms with van der Waals surface area (Å²) in [5.41, 5.74) is 1.15. The molecule has 0 amide bonds. The van der Waals surface area contributed by atoms with Crippen molar-refractivity contribution >= 4 is 33.5 Å². The third-order valence-corrected chi connectivity index (χ3v) is 3.54. The molecule has 6 nitrogen and oxygen atoms in total. The fourth-order valence-corrected chi connectivity index (χ4v) is 2.34. The van der Waals surface area contributed by atoms with Crippen molar-refractivity contribution in [3.8, 4) is 11.5 Å². The molecule has 1 aromatic carbocycles. The molecule has 0 aliphatic heterocycles. The first-order valence-electron chi connectivity index (χ1n) is 6.27. The summed E-state index contributed by atoms with van der Waals surface area (Å²) in [6.45, 7) is 1.74. The number of aromatic hydroxyl groups is 1. The standard InChI is InChI=1S/C15H14BrNO5/c1-8-6-12(22-17-8)10(15(19)21-3)7-9-4-5-11(16)14(20-2)13(9)18/h4-7,18H,1-3H3/b10-7-. The summed E-state index contributed by atoms with van der Waals surface area (Å²) in [5, 5.41) is 14.0. The van der Waals surface area contributed by atoms with Gasteiger partial charge in [-0.05, 0) is 41.1 Å². The summed E-state index contributed by atoms with van der Waals surface area (Å²) in [6.07, 6.45) is 1.45. The lowest BCUT2D eigenvalue weighted by Gasteiger charge is -2.09. The Morgan fingerprint density at radius 3 is 2.68 bits per heavy atom. The Hall–Kier alpha value is -2.28. The highest BCUT2D eigenvalue weighted by Crippen LogP contribution is 2.38. The van der Waals surface area contributed by atoms with Gasteiger partial charge < -0.3 is 19.1 Å². The molecule has 0 radical (unpaired) electrons. The average molecular weight is 368 g/mol. The van der Waals surface area contributed by atoms with Crippen molar-refractivity contribution in [2.45, 2.75) is 6.92 Å². The first kappa shape index (κ1) is 16.1. The van der Waals surface area contributed by atoms with Crippen molar-refractivity contribution in [3.05, 3.63) is 39.7 Å². The molecule has 0 saturated heterocycles. The summed E-state index contributed by atoms with van der Waals surface area (Å²) < 4.78 is 15.6. The number of halogens is 1. The van der Waals surface area contributed by atoms with Crippen LogP contribution in [0.4, 0.5) is 0 Å². The number of carbonyl (C=O) groups is 1. The van der Waals surface area contributed by atoms with Crippen LogP contribution in [-0.4, -0.2) is 30.5 Å². The monoisotopic (exact) mass is 367 g/mol. The second kappa shape index (κ2) is 6.65. The number of aryl methyl sites for hydroxylation is 1. The third-order valence-electron chi connectivity index (χ3n) is 2.92. The number of methoxy groups -OCH3 is 2. The van der Waals surface area contributed by atoms with Crippen molar-refractivity contribution in [1.82, 2.24) is 5.16 Å². The highest BCUT2D eigenvalue weighted by atomic mass is 79.9. The third kappa shape index (κ3) is 3.14. The number of ether oxygens (including phenoxy) is 2. The van der Waals surface area contributed by atoms with Gasteiger partial charge in [-0.2, -0.15) is 0 Å². The van der Waals surface area contributed by atoms with Gasteiger partial charge in [-0.25, -0.2) is 4.79 Å². The van der Waals surface area contributed by atoms with Gasteiger partial charge in [0, 0.05) is 11.6 Å². The molecule has 0 fully saturated rings. The number of hydrogen-bond acceptors (Lipinski definition) is 6. The molecule has 2 rings (SSSR count). The highest BCUT2D eigenvalue weighted by molar-refractivity contribution is 9.10. The zero-order chi connectivity index (χ0) is 16.3. The van der Waals surface area contributed by atoms with Gasteiger partial charge >= 0.3 is 5.97 Å². The van der Waals surface area contributed by atoms with Gasteiger partial charge in [-0.15, -0.1) is 0 Å². The number of carbonyl (C=O) groups excluding carboxylic acids is 1. The molecule has 0 aliphatic rings. The minimum absolute atomic E-state index is 0.102. The van der Waals surface area contributed by atoms with E-state index < -0.39 is 5.97 Å². The molecule has 0 unspecified atom stereocenters. The van der Waals surface area contributed by atoms with Gasteiger partial charge in [0.25, 0.3) is 0 Å². The Balaban J connectivity index is 2.57. The van der Waals surface area contributed by atoms with Gasteiger partial charge in [0.15, 0.2) is 17.3 Å². The van der Waals surface area contributed by atoms with Gasteiger partial charge in [0.2, 0.25) is 0 Å². The van der Waals surface area contributed by atoms with Crippen LogP contribution in [0.5, 0.6) is 11.5 Å². The van der Waals surface area contributed by atoms with E-state index in [0.717, 1.165) is 0 Å². The van der Waals surface area contributed by atoms with Crippen LogP contribution in [0.1, 0.15) is 17.0 Å². The first-order valence-corrected chi connectivity index (χ1v) is 7.06. The molecule has 116 valence electrons. The normalized spacial score (nSPS) is 11.4. The van der Waals surface area contributed by atoms with Gasteiger partial charge in [-0.1, -0.05) is 5.16 Å². The lowest BCUT2D eigenvalue weighted by atomic mass is 10.1. The molecule has 2 aromatic rings. The molecule has 7 heteroatoms. The number of aromatic nitrogens is 1. The van der Waals surface area contributed by atoms with E-state index in [1.807, 2.05) is 0 Å². The van der Waals surface area contributed by atoms with Crippen LogP contribution >= 0.6 is 15.9 Å². The Kier molecular flexibility index (Phi) is 4.87. The zero-order valence-electron chi connectivity index (χ0n) is 12.2. The number of phenols is 1. The Morgan fingerprint density at radius 2 is 2.14 bits per heavy atom. The molecule has 0 saturated carbocycles. The molecule has 1 aromatic heterocycles. The molecular formula is C15H14BrNO5. The zero-order valence-corrected chi connectivity index (χ0v) is 13.8.